The van der Waals surface area contributed by atoms with Gasteiger partial charge in [0, 0.05) is 19.4 Å². The fourth-order valence-corrected chi connectivity index (χ4v) is 0.663. The number of rotatable bonds is 0. The van der Waals surface area contributed by atoms with Crippen molar-refractivity contribution in [2.75, 3.05) is 0 Å². The average Bonchev–Trinajstić information content (AvgIpc) is 1.77. The van der Waals surface area contributed by atoms with Crippen LogP contribution in [0.5, 0.6) is 0 Å². The van der Waals surface area contributed by atoms with Crippen LogP contribution in [0.15, 0.2) is 24.3 Å². The van der Waals surface area contributed by atoms with E-state index in [9.17, 15) is 0 Å². The molecule has 0 unspecified atom stereocenters. The number of aryl methyl sites for hydroxylation is 2. The molecule has 0 heterocycles. The molecule has 0 amide bonds. The second-order valence-electron chi connectivity index (χ2n) is 2.08. The Kier molecular flexibility index (Phi) is 19.6. The molecular formula is C9H17BNSi. The molecule has 0 aromatic heterocycles. The summed E-state index contributed by atoms with van der Waals surface area (Å²) in [5.41, 5.74) is 2.74. The van der Waals surface area contributed by atoms with Crippen LogP contribution >= 0.6 is 0 Å². The summed E-state index contributed by atoms with van der Waals surface area (Å²) < 4.78 is 0. The second-order valence-corrected chi connectivity index (χ2v) is 2.08. The van der Waals surface area contributed by atoms with Crippen LogP contribution in [0.3, 0.4) is 0 Å². The molecule has 65 valence electrons. The first kappa shape index (κ1) is 22.5. The Balaban J connectivity index is -0.0000000800. The van der Waals surface area contributed by atoms with E-state index >= 15 is 0 Å². The molecule has 3 N–H and O–H groups in total. The van der Waals surface area contributed by atoms with Crippen LogP contribution in [-0.4, -0.2) is 19.4 Å². The largest absolute Gasteiger partial charge is 0.344 e. The molecule has 0 aliphatic rings. The first-order chi connectivity index (χ1) is 3.80. The molecule has 1 nitrogen and oxygen atoms in total. The number of benzene rings is 1. The maximum absolute atomic E-state index is 2.12. The monoisotopic (exact) mass is 178 g/mol. The summed E-state index contributed by atoms with van der Waals surface area (Å²) in [6, 6.07) is 8.36. The lowest BCUT2D eigenvalue weighted by Gasteiger charge is -1.93. The summed E-state index contributed by atoms with van der Waals surface area (Å²) in [5, 5.41) is 0. The fourth-order valence-electron chi connectivity index (χ4n) is 0.663. The average molecular weight is 178 g/mol. The molecule has 0 bridgehead atoms. The molecule has 0 fully saturated rings. The van der Waals surface area contributed by atoms with Crippen molar-refractivity contribution in [2.45, 2.75) is 21.3 Å². The zero-order chi connectivity index (χ0) is 5.98. The van der Waals surface area contributed by atoms with Gasteiger partial charge in [-0.25, -0.2) is 0 Å². The molecule has 0 aliphatic carbocycles. The van der Waals surface area contributed by atoms with E-state index in [4.69, 9.17) is 0 Å². The van der Waals surface area contributed by atoms with Crippen molar-refractivity contribution in [3.63, 3.8) is 0 Å². The van der Waals surface area contributed by atoms with E-state index in [1.165, 1.54) is 11.1 Å². The van der Waals surface area contributed by atoms with Gasteiger partial charge in [-0.2, -0.15) is 0 Å². The molecule has 0 spiro atoms. The summed E-state index contributed by atoms with van der Waals surface area (Å²) in [7, 11) is 0. The van der Waals surface area contributed by atoms with Crippen LogP contribution in [0, 0.1) is 13.8 Å². The molecule has 1 aromatic carbocycles. The molecule has 1 aromatic rings. The zero-order valence-corrected chi connectivity index (χ0v) is 8.09. The van der Waals surface area contributed by atoms with E-state index in [1.54, 1.807) is 0 Å². The van der Waals surface area contributed by atoms with Crippen molar-refractivity contribution in [2.24, 2.45) is 0 Å². The first-order valence-electron chi connectivity index (χ1n) is 2.83. The van der Waals surface area contributed by atoms with E-state index in [0.717, 1.165) is 0 Å². The predicted molar refractivity (Wildman–Crippen MR) is 59.2 cm³/mol. The van der Waals surface area contributed by atoms with Gasteiger partial charge in [0.1, 0.15) is 0 Å². The highest BCUT2D eigenvalue weighted by Gasteiger charge is 1.83. The SMILES string of the molecule is C.Cc1ccccc1C.N.[B].[Si]. The molecular weight excluding hydrogens is 161 g/mol. The fraction of sp³-hybridized carbons (Fsp3) is 0.333. The normalized spacial score (nSPS) is 6.17. The first-order valence-corrected chi connectivity index (χ1v) is 2.83. The molecule has 3 heteroatoms. The highest BCUT2D eigenvalue weighted by molar-refractivity contribution is 5.76. The van der Waals surface area contributed by atoms with E-state index in [-0.39, 0.29) is 33.0 Å². The van der Waals surface area contributed by atoms with Crippen LogP contribution in [0.25, 0.3) is 0 Å². The van der Waals surface area contributed by atoms with Gasteiger partial charge in [-0.1, -0.05) is 31.7 Å². The maximum atomic E-state index is 2.12. The molecule has 0 saturated heterocycles. The Hall–Kier alpha value is -0.538. The summed E-state index contributed by atoms with van der Waals surface area (Å²) in [6.45, 7) is 4.24. The highest BCUT2D eigenvalue weighted by Crippen LogP contribution is 2.02. The third kappa shape index (κ3) is 6.19. The lowest BCUT2D eigenvalue weighted by Crippen LogP contribution is -1.74. The summed E-state index contributed by atoms with van der Waals surface area (Å²) in [6.07, 6.45) is 0. The van der Waals surface area contributed by atoms with Gasteiger partial charge < -0.3 is 6.15 Å². The predicted octanol–water partition coefficient (Wildman–Crippen LogP) is 2.34. The van der Waals surface area contributed by atoms with Crippen LogP contribution in [0.2, 0.25) is 0 Å². The van der Waals surface area contributed by atoms with Gasteiger partial charge in [0.05, 0.1) is 0 Å². The van der Waals surface area contributed by atoms with E-state index in [0.29, 0.717) is 0 Å². The van der Waals surface area contributed by atoms with Crippen LogP contribution in [0.4, 0.5) is 0 Å². The molecule has 0 saturated carbocycles. The zero-order valence-electron chi connectivity index (χ0n) is 7.09. The van der Waals surface area contributed by atoms with Gasteiger partial charge >= 0.3 is 0 Å². The lowest BCUT2D eigenvalue weighted by molar-refractivity contribution is 1.34. The van der Waals surface area contributed by atoms with Crippen LogP contribution in [-0.2, 0) is 0 Å². The molecule has 0 atom stereocenters. The molecule has 12 heavy (non-hydrogen) atoms. The number of hydrogen-bond donors (Lipinski definition) is 1. The Bertz CT molecular complexity index is 171. The summed E-state index contributed by atoms with van der Waals surface area (Å²) in [5.74, 6) is 0. The second kappa shape index (κ2) is 10.5. The topological polar surface area (TPSA) is 35.0 Å². The minimum atomic E-state index is 0. The Labute approximate surface area is 82.8 Å². The van der Waals surface area contributed by atoms with Crippen molar-refractivity contribution in [3.8, 4) is 0 Å². The molecule has 7 radical (unpaired) electrons. The third-order valence-corrected chi connectivity index (χ3v) is 1.43. The Morgan fingerprint density at radius 1 is 0.917 bits per heavy atom. The van der Waals surface area contributed by atoms with Gasteiger partial charge in [0.25, 0.3) is 0 Å². The van der Waals surface area contributed by atoms with E-state index < -0.39 is 0 Å². The minimum absolute atomic E-state index is 0. The van der Waals surface area contributed by atoms with Crippen molar-refractivity contribution < 1.29 is 0 Å². The van der Waals surface area contributed by atoms with Crippen molar-refractivity contribution in [1.82, 2.24) is 6.15 Å². The third-order valence-electron chi connectivity index (χ3n) is 1.43. The molecule has 0 aliphatic heterocycles. The minimum Gasteiger partial charge on any atom is -0.344 e. The Morgan fingerprint density at radius 2 is 1.17 bits per heavy atom. The van der Waals surface area contributed by atoms with Gasteiger partial charge in [-0.05, 0) is 25.0 Å². The van der Waals surface area contributed by atoms with Crippen LogP contribution in [0.1, 0.15) is 18.6 Å². The van der Waals surface area contributed by atoms with Gasteiger partial charge in [0.2, 0.25) is 0 Å². The molecule has 1 rings (SSSR count). The van der Waals surface area contributed by atoms with Gasteiger partial charge in [-0.3, -0.25) is 0 Å². The van der Waals surface area contributed by atoms with Crippen molar-refractivity contribution in [3.05, 3.63) is 35.4 Å². The lowest BCUT2D eigenvalue weighted by atomic mass is 10.1. The number of hydrogen-bond acceptors (Lipinski definition) is 1. The quantitative estimate of drug-likeness (QED) is 0.608. The Morgan fingerprint density at radius 3 is 1.33 bits per heavy atom. The van der Waals surface area contributed by atoms with Crippen LogP contribution < -0.4 is 6.15 Å². The van der Waals surface area contributed by atoms with E-state index in [1.807, 2.05) is 0 Å². The van der Waals surface area contributed by atoms with Gasteiger partial charge in [0.15, 0.2) is 0 Å². The van der Waals surface area contributed by atoms with Gasteiger partial charge in [-0.15, -0.1) is 0 Å². The summed E-state index contributed by atoms with van der Waals surface area (Å²) >= 11 is 0. The summed E-state index contributed by atoms with van der Waals surface area (Å²) in [4.78, 5) is 0. The maximum Gasteiger partial charge on any atom is 0 e. The van der Waals surface area contributed by atoms with E-state index in [2.05, 4.69) is 38.1 Å². The van der Waals surface area contributed by atoms with Crippen molar-refractivity contribution >= 4 is 19.4 Å². The standard InChI is InChI=1S/C8H10.CH4.B.H3N.Si/c1-7-5-3-4-6-8(7)2;;;;/h3-6H,1-2H3;1H4;;1H3;. The smallest absolute Gasteiger partial charge is 0 e. The van der Waals surface area contributed by atoms with Crippen molar-refractivity contribution in [1.29, 1.82) is 0 Å². The highest BCUT2D eigenvalue weighted by atomic mass is 28.1.